The van der Waals surface area contributed by atoms with Crippen molar-refractivity contribution in [2.75, 3.05) is 0 Å². The van der Waals surface area contributed by atoms with Crippen molar-refractivity contribution in [3.63, 3.8) is 0 Å². The minimum absolute atomic E-state index is 0.826. The molecule has 4 heteroatoms. The van der Waals surface area contributed by atoms with E-state index in [1.165, 1.54) is 98.1 Å². The maximum absolute atomic E-state index is 4.93. The van der Waals surface area contributed by atoms with Crippen LogP contribution in [0.15, 0.2) is 146 Å². The van der Waals surface area contributed by atoms with Crippen molar-refractivity contribution < 1.29 is 20.8 Å². The van der Waals surface area contributed by atoms with Crippen molar-refractivity contribution >= 4 is 69.6 Å². The van der Waals surface area contributed by atoms with E-state index in [9.17, 15) is 0 Å². The molecule has 0 fully saturated rings. The van der Waals surface area contributed by atoms with Crippen LogP contribution >= 0.6 is 17.0 Å². The van der Waals surface area contributed by atoms with Gasteiger partial charge in [0.25, 0.3) is 0 Å². The second-order valence-electron chi connectivity index (χ2n) is 12.0. The number of fused-ring (bicyclic) bond motifs is 4. The third-order valence-corrected chi connectivity index (χ3v) is 9.73. The zero-order chi connectivity index (χ0) is 34.6. The van der Waals surface area contributed by atoms with Crippen LogP contribution in [0.3, 0.4) is 0 Å². The van der Waals surface area contributed by atoms with Gasteiger partial charge in [-0.1, -0.05) is 136 Å². The van der Waals surface area contributed by atoms with Gasteiger partial charge in [-0.15, -0.1) is 69.1 Å². The number of aryl methyl sites for hydroxylation is 2. The van der Waals surface area contributed by atoms with Crippen LogP contribution in [0.2, 0.25) is 12.1 Å². The summed E-state index contributed by atoms with van der Waals surface area (Å²) in [5.74, 6) is 0. The van der Waals surface area contributed by atoms with Gasteiger partial charge in [-0.25, -0.2) is 0 Å². The Morgan fingerprint density at radius 1 is 0.531 bits per heavy atom. The van der Waals surface area contributed by atoms with Gasteiger partial charge in [0.15, 0.2) is 0 Å². The first-order valence-electron chi connectivity index (χ1n) is 17.0. The molecule has 244 valence electrons. The Labute approximate surface area is 313 Å². The summed E-state index contributed by atoms with van der Waals surface area (Å²) in [5.41, 5.74) is 7.98. The molecule has 49 heavy (non-hydrogen) atoms. The topological polar surface area (TPSA) is 0 Å². The van der Waals surface area contributed by atoms with E-state index in [0.717, 1.165) is 6.42 Å². The second-order valence-corrected chi connectivity index (χ2v) is 17.7. The summed E-state index contributed by atoms with van der Waals surface area (Å²) in [6.45, 7) is 8.82. The fraction of sp³-hybridized carbons (Fsp3) is 0.156. The molecule has 8 rings (SSSR count). The number of hydrogen-bond acceptors (Lipinski definition) is 0. The monoisotopic (exact) mass is 770 g/mol. The minimum atomic E-state index is -0.826. The summed E-state index contributed by atoms with van der Waals surface area (Å²) in [6, 6.07) is 55.6. The third-order valence-electron chi connectivity index (χ3n) is 8.73. The molecule has 0 nitrogen and oxygen atoms in total. The van der Waals surface area contributed by atoms with Crippen LogP contribution in [0.4, 0.5) is 0 Å². The summed E-state index contributed by atoms with van der Waals surface area (Å²) in [5, 5.41) is 10.6. The third kappa shape index (κ3) is 9.50. The van der Waals surface area contributed by atoms with Crippen molar-refractivity contribution in [3.05, 3.63) is 157 Å². The fourth-order valence-corrected chi connectivity index (χ4v) is 6.85. The molecule has 0 bridgehead atoms. The van der Waals surface area contributed by atoms with Gasteiger partial charge in [0, 0.05) is 9.52 Å². The molecule has 0 aromatic heterocycles. The van der Waals surface area contributed by atoms with E-state index in [0.29, 0.717) is 0 Å². The molecule has 8 aromatic carbocycles. The van der Waals surface area contributed by atoms with Gasteiger partial charge in [0.1, 0.15) is 0 Å². The van der Waals surface area contributed by atoms with Gasteiger partial charge in [-0.3, -0.25) is 0 Å². The Hall–Kier alpha value is -3.26. The van der Waals surface area contributed by atoms with Gasteiger partial charge in [-0.2, -0.15) is 12.1 Å². The number of halogens is 2. The molecule has 0 heterocycles. The van der Waals surface area contributed by atoms with Gasteiger partial charge >= 0.3 is 37.9 Å². The normalized spacial score (nSPS) is 10.5. The molecule has 0 aliphatic rings. The Morgan fingerprint density at radius 2 is 1.00 bits per heavy atom. The Morgan fingerprint density at radius 3 is 1.47 bits per heavy atom. The average Bonchev–Trinajstić information content (AvgIpc) is 3.75. The molecule has 0 aliphatic heterocycles. The summed E-state index contributed by atoms with van der Waals surface area (Å²) in [6.07, 6.45) is 1.09. The maximum atomic E-state index is 4.93. The van der Waals surface area contributed by atoms with Crippen molar-refractivity contribution in [1.29, 1.82) is 0 Å². The Kier molecular flexibility index (Phi) is 14.1. The average molecular weight is 773 g/mol. The molecule has 8 aromatic rings. The molecule has 2 radical (unpaired) electrons. The van der Waals surface area contributed by atoms with E-state index in [-0.39, 0.29) is 0 Å². The molecule has 0 spiro atoms. The number of benzene rings is 6. The van der Waals surface area contributed by atoms with E-state index in [4.69, 9.17) is 17.0 Å². The molecule has 0 aliphatic carbocycles. The zero-order valence-electron chi connectivity index (χ0n) is 28.7. The van der Waals surface area contributed by atoms with E-state index in [1.807, 2.05) is 0 Å². The molecular weight excluding hydrogens is 731 g/mol. The van der Waals surface area contributed by atoms with Crippen LogP contribution < -0.4 is 0 Å². The van der Waals surface area contributed by atoms with Crippen LogP contribution in [0.5, 0.6) is 0 Å². The molecule has 0 N–H and O–H groups in total. The standard InChI is InChI=1S/C21H17.C20H15.C4H10Si.2ClH.Zr/c1-2-15-12-18-8-5-9-20(21(18)13-15)19-11-10-16-6-3-4-7-17(16)14-19;1-14-11-17-7-4-8-19(20(17)12-14)18-10-9-15-5-2-3-6-16(15)13-18;1-3-5-4-2;;;/h3-14H,2H2,1H3;2-13H,1H3;3-4H2,1-2H3;2*1H;/q2*-1;;;;+4/p-2. The van der Waals surface area contributed by atoms with E-state index in [1.54, 1.807) is 0 Å². The molecule has 0 unspecified atom stereocenters. The van der Waals surface area contributed by atoms with Crippen LogP contribution in [0, 0.1) is 6.92 Å². The summed E-state index contributed by atoms with van der Waals surface area (Å²) in [4.78, 5) is 0. The summed E-state index contributed by atoms with van der Waals surface area (Å²) >= 11 is -0.826. The quantitative estimate of drug-likeness (QED) is 0.121. The second kappa shape index (κ2) is 18.7. The van der Waals surface area contributed by atoms with Gasteiger partial charge < -0.3 is 0 Å². The van der Waals surface area contributed by atoms with E-state index >= 15 is 0 Å². The van der Waals surface area contributed by atoms with E-state index < -0.39 is 20.8 Å². The van der Waals surface area contributed by atoms with Gasteiger partial charge in [0.05, 0.1) is 0 Å². The SMILES string of the molecule is CC[Si]CC.CCc1cc2c(-c3ccc4ccccc4c3)cccc2[cH-]1.Cc1cc2c(-c3ccc4ccccc4c3)cccc2[cH-]1.[Cl][Zr+2][Cl]. The van der Waals surface area contributed by atoms with Crippen molar-refractivity contribution in [2.24, 2.45) is 0 Å². The summed E-state index contributed by atoms with van der Waals surface area (Å²) < 4.78 is 0. The Balaban J connectivity index is 0.000000158. The van der Waals surface area contributed by atoms with Crippen molar-refractivity contribution in [3.8, 4) is 22.3 Å². The van der Waals surface area contributed by atoms with Crippen molar-refractivity contribution in [1.82, 2.24) is 0 Å². The zero-order valence-corrected chi connectivity index (χ0v) is 33.7. The fourth-order valence-electron chi connectivity index (χ4n) is 6.35. The predicted molar refractivity (Wildman–Crippen MR) is 218 cm³/mol. The molecule has 0 amide bonds. The Bertz CT molecular complexity index is 2240. The first-order valence-corrected chi connectivity index (χ1v) is 24.7. The predicted octanol–water partition coefficient (Wildman–Crippen LogP) is 14.6. The first kappa shape index (κ1) is 37.0. The van der Waals surface area contributed by atoms with Gasteiger partial charge in [-0.05, 0) is 51.2 Å². The first-order chi connectivity index (χ1) is 24.0. The van der Waals surface area contributed by atoms with Crippen LogP contribution in [-0.2, 0) is 27.3 Å². The molecule has 0 saturated heterocycles. The van der Waals surface area contributed by atoms with Crippen molar-refractivity contribution in [2.45, 2.75) is 46.2 Å². The van der Waals surface area contributed by atoms with Crippen LogP contribution in [0.1, 0.15) is 31.9 Å². The number of rotatable bonds is 5. The molecule has 0 atom stereocenters. The molecular formula is C45H42Cl2SiZr. The summed E-state index contributed by atoms with van der Waals surface area (Å²) in [7, 11) is 11.1. The van der Waals surface area contributed by atoms with Crippen LogP contribution in [0.25, 0.3) is 65.3 Å². The van der Waals surface area contributed by atoms with E-state index in [2.05, 4.69) is 173 Å². The van der Waals surface area contributed by atoms with Gasteiger partial charge in [0.2, 0.25) is 0 Å². The van der Waals surface area contributed by atoms with Crippen LogP contribution in [-0.4, -0.2) is 9.52 Å². The molecule has 0 saturated carbocycles. The number of hydrogen-bond donors (Lipinski definition) is 0.